The van der Waals surface area contributed by atoms with Crippen LogP contribution in [0.2, 0.25) is 0 Å². The van der Waals surface area contributed by atoms with E-state index in [4.69, 9.17) is 10.9 Å². The number of amidine groups is 1. The Morgan fingerprint density at radius 1 is 1.57 bits per heavy atom. The monoisotopic (exact) mass is 203 g/mol. The van der Waals surface area contributed by atoms with Crippen LogP contribution in [-0.2, 0) is 4.79 Å². The van der Waals surface area contributed by atoms with Crippen molar-refractivity contribution in [1.29, 1.82) is 0 Å². The standard InChI is InChI=1S/C8H17N3O3/c1-8(2,13)5-11(3)7(12)4-6(9)10-14/h13-14H,4-5H2,1-3H3,(H2,9,10). The number of rotatable bonds is 4. The highest BCUT2D eigenvalue weighted by atomic mass is 16.4. The van der Waals surface area contributed by atoms with E-state index in [9.17, 15) is 9.90 Å². The van der Waals surface area contributed by atoms with E-state index in [0.717, 1.165) is 0 Å². The molecule has 0 atom stereocenters. The molecule has 6 nitrogen and oxygen atoms in total. The Morgan fingerprint density at radius 2 is 2.07 bits per heavy atom. The predicted molar refractivity (Wildman–Crippen MR) is 52.0 cm³/mol. The molecule has 0 aromatic carbocycles. The van der Waals surface area contributed by atoms with Crippen LogP contribution in [0.5, 0.6) is 0 Å². The number of nitrogens with two attached hydrogens (primary N) is 1. The Balaban J connectivity index is 4.14. The highest BCUT2D eigenvalue weighted by Crippen LogP contribution is 2.04. The molecule has 0 spiro atoms. The van der Waals surface area contributed by atoms with Gasteiger partial charge < -0.3 is 20.9 Å². The summed E-state index contributed by atoms with van der Waals surface area (Å²) in [5, 5.41) is 20.4. The molecule has 0 radical (unpaired) electrons. The van der Waals surface area contributed by atoms with Crippen LogP contribution >= 0.6 is 0 Å². The van der Waals surface area contributed by atoms with Crippen LogP contribution in [0.15, 0.2) is 5.16 Å². The molecule has 1 amide bonds. The second-order valence-electron chi connectivity index (χ2n) is 3.83. The fourth-order valence-corrected chi connectivity index (χ4v) is 0.994. The van der Waals surface area contributed by atoms with Gasteiger partial charge in [0.25, 0.3) is 0 Å². The molecule has 0 fully saturated rings. The van der Waals surface area contributed by atoms with E-state index in [2.05, 4.69) is 5.16 Å². The number of likely N-dealkylation sites (N-methyl/N-ethyl adjacent to an activating group) is 1. The number of hydrogen-bond acceptors (Lipinski definition) is 4. The Morgan fingerprint density at radius 3 is 2.43 bits per heavy atom. The largest absolute Gasteiger partial charge is 0.409 e. The maximum atomic E-state index is 11.3. The summed E-state index contributed by atoms with van der Waals surface area (Å²) in [6.45, 7) is 3.39. The number of nitrogens with zero attached hydrogens (tertiary/aromatic N) is 2. The maximum absolute atomic E-state index is 11.3. The molecule has 0 aromatic rings. The number of amides is 1. The molecule has 0 heterocycles. The van der Waals surface area contributed by atoms with Gasteiger partial charge in [-0.05, 0) is 13.8 Å². The average Bonchev–Trinajstić information content (AvgIpc) is 2.00. The Hall–Kier alpha value is -1.30. The smallest absolute Gasteiger partial charge is 0.230 e. The zero-order valence-electron chi connectivity index (χ0n) is 8.69. The van der Waals surface area contributed by atoms with Crippen LogP contribution in [0.25, 0.3) is 0 Å². The minimum absolute atomic E-state index is 0.141. The van der Waals surface area contributed by atoms with Gasteiger partial charge in [0.2, 0.25) is 5.91 Å². The van der Waals surface area contributed by atoms with Gasteiger partial charge in [-0.3, -0.25) is 4.79 Å². The molecule has 0 rings (SSSR count). The van der Waals surface area contributed by atoms with Gasteiger partial charge in [0.1, 0.15) is 5.84 Å². The van der Waals surface area contributed by atoms with E-state index in [1.807, 2.05) is 0 Å². The van der Waals surface area contributed by atoms with Gasteiger partial charge >= 0.3 is 0 Å². The van der Waals surface area contributed by atoms with E-state index in [1.54, 1.807) is 20.9 Å². The summed E-state index contributed by atoms with van der Waals surface area (Å²) in [6, 6.07) is 0. The average molecular weight is 203 g/mol. The number of hydrogen-bond donors (Lipinski definition) is 3. The highest BCUT2D eigenvalue weighted by Gasteiger charge is 2.19. The number of carbonyl (C=O) groups is 1. The Kier molecular flexibility index (Phi) is 4.36. The zero-order valence-corrected chi connectivity index (χ0v) is 8.69. The van der Waals surface area contributed by atoms with Crippen LogP contribution in [0.3, 0.4) is 0 Å². The minimum atomic E-state index is -0.949. The fraction of sp³-hybridized carbons (Fsp3) is 0.750. The molecule has 6 heteroatoms. The third-order valence-corrected chi connectivity index (χ3v) is 1.51. The predicted octanol–water partition coefficient (Wildman–Crippen LogP) is -0.648. The molecule has 0 unspecified atom stereocenters. The van der Waals surface area contributed by atoms with E-state index >= 15 is 0 Å². The lowest BCUT2D eigenvalue weighted by atomic mass is 10.1. The number of carbonyl (C=O) groups excluding carboxylic acids is 1. The van der Waals surface area contributed by atoms with E-state index in [0.29, 0.717) is 0 Å². The molecule has 4 N–H and O–H groups in total. The summed E-state index contributed by atoms with van der Waals surface area (Å²) >= 11 is 0. The number of aliphatic hydroxyl groups is 1. The van der Waals surface area contributed by atoms with Crippen LogP contribution in [0.1, 0.15) is 20.3 Å². The van der Waals surface area contributed by atoms with E-state index < -0.39 is 5.60 Å². The first kappa shape index (κ1) is 12.7. The molecule has 0 bridgehead atoms. The van der Waals surface area contributed by atoms with Gasteiger partial charge in [-0.15, -0.1) is 0 Å². The van der Waals surface area contributed by atoms with Crippen LogP contribution < -0.4 is 5.73 Å². The SMILES string of the molecule is CN(CC(C)(C)O)C(=O)CC(N)=NO. The molecule has 0 saturated carbocycles. The summed E-state index contributed by atoms with van der Waals surface area (Å²) in [4.78, 5) is 12.7. The zero-order chi connectivity index (χ0) is 11.4. The van der Waals surface area contributed by atoms with Gasteiger partial charge in [-0.2, -0.15) is 0 Å². The summed E-state index contributed by atoms with van der Waals surface area (Å²) in [5.74, 6) is -0.444. The maximum Gasteiger partial charge on any atom is 0.230 e. The van der Waals surface area contributed by atoms with Gasteiger partial charge in [0.05, 0.1) is 12.0 Å². The van der Waals surface area contributed by atoms with Crippen LogP contribution in [0, 0.1) is 0 Å². The highest BCUT2D eigenvalue weighted by molar-refractivity contribution is 5.98. The summed E-state index contributed by atoms with van der Waals surface area (Å²) in [6.07, 6.45) is -0.150. The molecule has 14 heavy (non-hydrogen) atoms. The van der Waals surface area contributed by atoms with Gasteiger partial charge in [-0.1, -0.05) is 5.16 Å². The van der Waals surface area contributed by atoms with Crippen molar-refractivity contribution >= 4 is 11.7 Å². The summed E-state index contributed by atoms with van der Waals surface area (Å²) < 4.78 is 0. The Labute approximate surface area is 83.0 Å². The number of oxime groups is 1. The van der Waals surface area contributed by atoms with Crippen molar-refractivity contribution in [2.24, 2.45) is 10.9 Å². The first-order valence-corrected chi connectivity index (χ1v) is 4.19. The lowest BCUT2D eigenvalue weighted by molar-refractivity contribution is -0.131. The molecule has 0 saturated heterocycles. The summed E-state index contributed by atoms with van der Waals surface area (Å²) in [5.41, 5.74) is 4.22. The minimum Gasteiger partial charge on any atom is -0.409 e. The van der Waals surface area contributed by atoms with Gasteiger partial charge in [0, 0.05) is 13.6 Å². The van der Waals surface area contributed by atoms with Crippen LogP contribution in [-0.4, -0.2) is 46.1 Å². The second kappa shape index (κ2) is 4.80. The van der Waals surface area contributed by atoms with Crippen LogP contribution in [0.4, 0.5) is 0 Å². The molecule has 82 valence electrons. The van der Waals surface area contributed by atoms with E-state index in [-0.39, 0.29) is 24.7 Å². The van der Waals surface area contributed by atoms with E-state index in [1.165, 1.54) is 4.90 Å². The van der Waals surface area contributed by atoms with Crippen molar-refractivity contribution in [3.8, 4) is 0 Å². The third kappa shape index (κ3) is 5.36. The molecular weight excluding hydrogens is 186 g/mol. The quantitative estimate of drug-likeness (QED) is 0.245. The first-order chi connectivity index (χ1) is 6.26. The first-order valence-electron chi connectivity index (χ1n) is 4.19. The second-order valence-corrected chi connectivity index (χ2v) is 3.83. The van der Waals surface area contributed by atoms with Crippen molar-refractivity contribution in [3.63, 3.8) is 0 Å². The Bertz CT molecular complexity index is 232. The van der Waals surface area contributed by atoms with Gasteiger partial charge in [0.15, 0.2) is 0 Å². The fourth-order valence-electron chi connectivity index (χ4n) is 0.994. The summed E-state index contributed by atoms with van der Waals surface area (Å²) in [7, 11) is 1.55. The molecule has 0 aliphatic carbocycles. The van der Waals surface area contributed by atoms with Crippen molar-refractivity contribution in [1.82, 2.24) is 4.90 Å². The molecular formula is C8H17N3O3. The van der Waals surface area contributed by atoms with Crippen molar-refractivity contribution in [2.45, 2.75) is 25.9 Å². The van der Waals surface area contributed by atoms with Crippen molar-refractivity contribution in [2.75, 3.05) is 13.6 Å². The third-order valence-electron chi connectivity index (χ3n) is 1.51. The molecule has 0 aromatic heterocycles. The lowest BCUT2D eigenvalue weighted by Crippen LogP contribution is -2.40. The van der Waals surface area contributed by atoms with Crippen molar-refractivity contribution in [3.05, 3.63) is 0 Å². The van der Waals surface area contributed by atoms with Gasteiger partial charge in [-0.25, -0.2) is 0 Å². The normalized spacial score (nSPS) is 12.7. The lowest BCUT2D eigenvalue weighted by Gasteiger charge is -2.25. The molecule has 0 aliphatic rings. The van der Waals surface area contributed by atoms with Crippen molar-refractivity contribution < 1.29 is 15.1 Å². The molecule has 0 aliphatic heterocycles. The topological polar surface area (TPSA) is 99.2 Å².